The summed E-state index contributed by atoms with van der Waals surface area (Å²) in [5, 5.41) is 4.32. The summed E-state index contributed by atoms with van der Waals surface area (Å²) in [6.07, 6.45) is 6.34. The van der Waals surface area contributed by atoms with E-state index >= 15 is 0 Å². The molecule has 1 unspecified atom stereocenters. The van der Waals surface area contributed by atoms with Crippen molar-refractivity contribution >= 4 is 16.8 Å². The Balaban J connectivity index is 1.67. The second-order valence-electron chi connectivity index (χ2n) is 6.30. The van der Waals surface area contributed by atoms with Gasteiger partial charge in [0.25, 0.3) is 0 Å². The molecule has 2 aromatic rings. The first-order valence-corrected chi connectivity index (χ1v) is 9.48. The minimum absolute atomic E-state index is 0.0520. The molecule has 0 saturated heterocycles. The summed E-state index contributed by atoms with van der Waals surface area (Å²) in [7, 11) is -1.05. The zero-order chi connectivity index (χ0) is 17.1. The smallest absolute Gasteiger partial charge is 0.338 e. The van der Waals surface area contributed by atoms with E-state index in [0.29, 0.717) is 5.56 Å². The third kappa shape index (κ3) is 3.59. The summed E-state index contributed by atoms with van der Waals surface area (Å²) < 4.78 is 19.6. The highest BCUT2D eigenvalue weighted by atomic mass is 32.2. The van der Waals surface area contributed by atoms with Gasteiger partial charge in [-0.2, -0.15) is 5.10 Å². The highest BCUT2D eigenvalue weighted by Gasteiger charge is 2.32. The number of carbonyl (C=O) groups is 1. The van der Waals surface area contributed by atoms with Crippen LogP contribution < -0.4 is 0 Å². The van der Waals surface area contributed by atoms with Crippen LogP contribution in [0.2, 0.25) is 0 Å². The molecule has 128 valence electrons. The van der Waals surface area contributed by atoms with E-state index in [1.807, 2.05) is 30.8 Å². The van der Waals surface area contributed by atoms with Crippen molar-refractivity contribution in [1.29, 1.82) is 0 Å². The van der Waals surface area contributed by atoms with Crippen LogP contribution in [0.5, 0.6) is 0 Å². The first-order valence-electron chi connectivity index (χ1n) is 8.27. The molecular formula is C18H22N2O3S. The van der Waals surface area contributed by atoms with Gasteiger partial charge in [0.15, 0.2) is 0 Å². The lowest BCUT2D eigenvalue weighted by Gasteiger charge is -2.20. The van der Waals surface area contributed by atoms with Crippen LogP contribution in [0, 0.1) is 0 Å². The van der Waals surface area contributed by atoms with Crippen LogP contribution in [0.4, 0.5) is 0 Å². The first kappa shape index (κ1) is 16.9. The van der Waals surface area contributed by atoms with Gasteiger partial charge in [-0.05, 0) is 49.6 Å². The van der Waals surface area contributed by atoms with E-state index < -0.39 is 10.8 Å². The van der Waals surface area contributed by atoms with Crippen LogP contribution in [0.25, 0.3) is 0 Å². The molecule has 1 heterocycles. The predicted octanol–water partition coefficient (Wildman–Crippen LogP) is 3.35. The quantitative estimate of drug-likeness (QED) is 0.779. The average Bonchev–Trinajstić information content (AvgIpc) is 3.25. The Hall–Kier alpha value is -1.95. The van der Waals surface area contributed by atoms with Crippen molar-refractivity contribution in [2.45, 2.75) is 55.4 Å². The SMILES string of the molecule is CC(C)S(=O)c1ccc(C(=O)O[C@@H]2CCC[C@H]2n2cccn2)cc1. The first-order chi connectivity index (χ1) is 11.6. The fraction of sp³-hybridized carbons (Fsp3) is 0.444. The van der Waals surface area contributed by atoms with Crippen LogP contribution in [0.1, 0.15) is 49.5 Å². The zero-order valence-corrected chi connectivity index (χ0v) is 14.7. The van der Waals surface area contributed by atoms with Crippen molar-refractivity contribution in [2.75, 3.05) is 0 Å². The van der Waals surface area contributed by atoms with Crippen molar-refractivity contribution < 1.29 is 13.7 Å². The molecule has 0 amide bonds. The second kappa shape index (κ2) is 7.30. The second-order valence-corrected chi connectivity index (χ2v) is 8.31. The predicted molar refractivity (Wildman–Crippen MR) is 92.3 cm³/mol. The topological polar surface area (TPSA) is 61.2 Å². The number of ether oxygens (including phenoxy) is 1. The molecule has 3 atom stereocenters. The Labute approximate surface area is 144 Å². The monoisotopic (exact) mass is 346 g/mol. The maximum absolute atomic E-state index is 12.4. The largest absolute Gasteiger partial charge is 0.457 e. The van der Waals surface area contributed by atoms with Gasteiger partial charge >= 0.3 is 5.97 Å². The summed E-state index contributed by atoms with van der Waals surface area (Å²) >= 11 is 0. The Morgan fingerprint density at radius 1 is 1.29 bits per heavy atom. The summed E-state index contributed by atoms with van der Waals surface area (Å²) in [5.74, 6) is -0.332. The lowest BCUT2D eigenvalue weighted by molar-refractivity contribution is 0.0209. The third-order valence-electron chi connectivity index (χ3n) is 4.29. The highest BCUT2D eigenvalue weighted by molar-refractivity contribution is 7.85. The lowest BCUT2D eigenvalue weighted by atomic mass is 10.2. The number of esters is 1. The summed E-state index contributed by atoms with van der Waals surface area (Å²) in [6.45, 7) is 3.82. The van der Waals surface area contributed by atoms with E-state index in [0.717, 1.165) is 24.2 Å². The fourth-order valence-corrected chi connectivity index (χ4v) is 3.97. The molecule has 6 heteroatoms. The number of benzene rings is 1. The van der Waals surface area contributed by atoms with E-state index in [2.05, 4.69) is 5.10 Å². The molecule has 1 aromatic carbocycles. The van der Waals surface area contributed by atoms with Gasteiger partial charge in [0.1, 0.15) is 6.10 Å². The molecular weight excluding hydrogens is 324 g/mol. The molecule has 5 nitrogen and oxygen atoms in total. The van der Waals surface area contributed by atoms with E-state index in [1.165, 1.54) is 0 Å². The van der Waals surface area contributed by atoms with Crippen LogP contribution in [0.15, 0.2) is 47.6 Å². The zero-order valence-electron chi connectivity index (χ0n) is 13.9. The molecule has 0 aliphatic heterocycles. The van der Waals surface area contributed by atoms with Crippen LogP contribution in [-0.4, -0.2) is 31.3 Å². The van der Waals surface area contributed by atoms with Gasteiger partial charge in [-0.25, -0.2) is 4.79 Å². The van der Waals surface area contributed by atoms with Gasteiger partial charge < -0.3 is 4.74 Å². The highest BCUT2D eigenvalue weighted by Crippen LogP contribution is 2.32. The summed E-state index contributed by atoms with van der Waals surface area (Å²) in [6, 6.07) is 8.85. The number of hydrogen-bond acceptors (Lipinski definition) is 4. The van der Waals surface area contributed by atoms with Gasteiger partial charge in [-0.3, -0.25) is 8.89 Å². The minimum atomic E-state index is -1.05. The number of carbonyl (C=O) groups excluding carboxylic acids is 1. The molecule has 1 aromatic heterocycles. The molecule has 0 bridgehead atoms. The maximum atomic E-state index is 12.4. The molecule has 0 N–H and O–H groups in total. The molecule has 0 radical (unpaired) electrons. The molecule has 1 aliphatic rings. The van der Waals surface area contributed by atoms with E-state index in [-0.39, 0.29) is 23.4 Å². The average molecular weight is 346 g/mol. The third-order valence-corrected chi connectivity index (χ3v) is 5.88. The molecule has 1 fully saturated rings. The molecule has 0 spiro atoms. The van der Waals surface area contributed by atoms with Gasteiger partial charge in [0, 0.05) is 22.5 Å². The van der Waals surface area contributed by atoms with Crippen molar-refractivity contribution in [2.24, 2.45) is 0 Å². The van der Waals surface area contributed by atoms with Gasteiger partial charge in [0.05, 0.1) is 22.4 Å². The summed E-state index contributed by atoms with van der Waals surface area (Å²) in [5.41, 5.74) is 0.491. The van der Waals surface area contributed by atoms with E-state index in [4.69, 9.17) is 4.74 Å². The van der Waals surface area contributed by atoms with Crippen LogP contribution >= 0.6 is 0 Å². The van der Waals surface area contributed by atoms with E-state index in [1.54, 1.807) is 30.5 Å². The summed E-state index contributed by atoms with van der Waals surface area (Å²) in [4.78, 5) is 13.1. The van der Waals surface area contributed by atoms with E-state index in [9.17, 15) is 9.00 Å². The van der Waals surface area contributed by atoms with Crippen molar-refractivity contribution in [1.82, 2.24) is 9.78 Å². The van der Waals surface area contributed by atoms with Gasteiger partial charge in [-0.1, -0.05) is 13.8 Å². The van der Waals surface area contributed by atoms with Crippen LogP contribution in [0.3, 0.4) is 0 Å². The Bertz CT molecular complexity index is 710. The maximum Gasteiger partial charge on any atom is 0.338 e. The molecule has 1 saturated carbocycles. The van der Waals surface area contributed by atoms with Crippen molar-refractivity contribution in [3.05, 3.63) is 48.3 Å². The molecule has 24 heavy (non-hydrogen) atoms. The Morgan fingerprint density at radius 3 is 2.67 bits per heavy atom. The van der Waals surface area contributed by atoms with Crippen molar-refractivity contribution in [3.63, 3.8) is 0 Å². The van der Waals surface area contributed by atoms with Gasteiger partial charge in [-0.15, -0.1) is 0 Å². The lowest BCUT2D eigenvalue weighted by Crippen LogP contribution is -2.25. The standard InChI is InChI=1S/C18H22N2O3S/c1-13(2)24(22)15-9-7-14(8-10-15)18(21)23-17-6-3-5-16(17)20-12-4-11-19-20/h4,7-13,16-17H,3,5-6H2,1-2H3/t16-,17-,24?/m1/s1. The van der Waals surface area contributed by atoms with Crippen molar-refractivity contribution in [3.8, 4) is 0 Å². The number of nitrogens with zero attached hydrogens (tertiary/aromatic N) is 2. The molecule has 1 aliphatic carbocycles. The van der Waals surface area contributed by atoms with Crippen LogP contribution in [-0.2, 0) is 15.5 Å². The normalized spacial score (nSPS) is 21.8. The Kier molecular flexibility index (Phi) is 5.14. The Morgan fingerprint density at radius 2 is 2.04 bits per heavy atom. The molecule has 3 rings (SSSR count). The van der Waals surface area contributed by atoms with Gasteiger partial charge in [0.2, 0.25) is 0 Å². The fourth-order valence-electron chi connectivity index (χ4n) is 3.03. The number of hydrogen-bond donors (Lipinski definition) is 0. The number of aromatic nitrogens is 2. The number of rotatable bonds is 5. The minimum Gasteiger partial charge on any atom is -0.457 e.